The highest BCUT2D eigenvalue weighted by Crippen LogP contribution is 2.09. The summed E-state index contributed by atoms with van der Waals surface area (Å²) >= 11 is 3.69. The summed E-state index contributed by atoms with van der Waals surface area (Å²) in [6, 6.07) is 9.64. The van der Waals surface area contributed by atoms with Gasteiger partial charge in [0.15, 0.2) is 0 Å². The molecule has 0 saturated carbocycles. The fourth-order valence-corrected chi connectivity index (χ4v) is 1.92. The van der Waals surface area contributed by atoms with Gasteiger partial charge in [-0.15, -0.1) is 0 Å². The first kappa shape index (κ1) is 22.3. The SMILES string of the molecule is CC(C)CC(NC(=O)OC(C)(C)C)C(=O)NS.Cc1ccccc1. The topological polar surface area (TPSA) is 67.4 Å². The maximum absolute atomic E-state index is 11.5. The van der Waals surface area contributed by atoms with Gasteiger partial charge in [-0.2, -0.15) is 0 Å². The first-order valence-corrected chi connectivity index (χ1v) is 8.45. The second-order valence-corrected chi connectivity index (χ2v) is 7.18. The summed E-state index contributed by atoms with van der Waals surface area (Å²) < 4.78 is 7.31. The number of hydrogen-bond acceptors (Lipinski definition) is 4. The van der Waals surface area contributed by atoms with Crippen LogP contribution in [0, 0.1) is 12.8 Å². The van der Waals surface area contributed by atoms with Crippen LogP contribution in [0.15, 0.2) is 30.3 Å². The van der Waals surface area contributed by atoms with Gasteiger partial charge in [0.1, 0.15) is 11.6 Å². The molecule has 0 heterocycles. The van der Waals surface area contributed by atoms with Crippen molar-refractivity contribution in [3.63, 3.8) is 0 Å². The van der Waals surface area contributed by atoms with E-state index in [1.54, 1.807) is 20.8 Å². The largest absolute Gasteiger partial charge is 0.444 e. The van der Waals surface area contributed by atoms with Gasteiger partial charge in [-0.1, -0.05) is 62.6 Å². The van der Waals surface area contributed by atoms with Crippen LogP contribution < -0.4 is 10.0 Å². The predicted octanol–water partition coefficient (Wildman–Crippen LogP) is 3.88. The molecule has 0 aromatic heterocycles. The van der Waals surface area contributed by atoms with Crippen molar-refractivity contribution < 1.29 is 14.3 Å². The zero-order valence-electron chi connectivity index (χ0n) is 15.4. The molecule has 1 aromatic carbocycles. The van der Waals surface area contributed by atoms with Crippen LogP contribution in [0.3, 0.4) is 0 Å². The number of benzene rings is 1. The molecule has 2 N–H and O–H groups in total. The first-order valence-electron chi connectivity index (χ1n) is 8.00. The highest BCUT2D eigenvalue weighted by atomic mass is 32.1. The Labute approximate surface area is 151 Å². The fourth-order valence-electron chi connectivity index (χ4n) is 1.77. The van der Waals surface area contributed by atoms with Crippen molar-refractivity contribution in [2.75, 3.05) is 0 Å². The van der Waals surface area contributed by atoms with E-state index in [4.69, 9.17) is 4.74 Å². The molecule has 0 fully saturated rings. The summed E-state index contributed by atoms with van der Waals surface area (Å²) in [4.78, 5) is 23.0. The van der Waals surface area contributed by atoms with E-state index in [1.165, 1.54) is 5.56 Å². The zero-order valence-corrected chi connectivity index (χ0v) is 16.3. The van der Waals surface area contributed by atoms with Gasteiger partial charge >= 0.3 is 6.09 Å². The summed E-state index contributed by atoms with van der Waals surface area (Å²) in [7, 11) is 0. The monoisotopic (exact) mass is 354 g/mol. The summed E-state index contributed by atoms with van der Waals surface area (Å²) in [5.41, 5.74) is 0.742. The van der Waals surface area contributed by atoms with Crippen LogP contribution in [-0.4, -0.2) is 23.6 Å². The molecule has 1 atom stereocenters. The standard InChI is InChI=1S/C11H22N2O3S.C7H8/c1-7(2)6-8(9(14)13-17)12-10(15)16-11(3,4)5;1-7-5-3-2-4-6-7/h7-8,17H,6H2,1-5H3,(H,12,15)(H,13,14);2-6H,1H3. The fraction of sp³-hybridized carbons (Fsp3) is 0.556. The van der Waals surface area contributed by atoms with Gasteiger partial charge in [0, 0.05) is 0 Å². The number of hydrogen-bond donors (Lipinski definition) is 3. The summed E-state index contributed by atoms with van der Waals surface area (Å²) in [6.45, 7) is 11.3. The minimum absolute atomic E-state index is 0.278. The minimum Gasteiger partial charge on any atom is -0.444 e. The van der Waals surface area contributed by atoms with Crippen LogP contribution in [0.5, 0.6) is 0 Å². The van der Waals surface area contributed by atoms with E-state index < -0.39 is 17.7 Å². The van der Waals surface area contributed by atoms with Crippen LogP contribution in [0.25, 0.3) is 0 Å². The molecule has 1 unspecified atom stereocenters. The predicted molar refractivity (Wildman–Crippen MR) is 101 cm³/mol. The number of alkyl carbamates (subject to hydrolysis) is 1. The van der Waals surface area contributed by atoms with E-state index in [-0.39, 0.29) is 11.8 Å². The van der Waals surface area contributed by atoms with E-state index in [1.807, 2.05) is 32.0 Å². The average Bonchev–Trinajstić information content (AvgIpc) is 2.44. The van der Waals surface area contributed by atoms with E-state index in [2.05, 4.69) is 41.9 Å². The van der Waals surface area contributed by atoms with Gasteiger partial charge in [0.25, 0.3) is 5.91 Å². The lowest BCUT2D eigenvalue weighted by Crippen LogP contribution is -2.47. The molecule has 0 aliphatic rings. The van der Waals surface area contributed by atoms with Crippen molar-refractivity contribution >= 4 is 24.8 Å². The maximum atomic E-state index is 11.5. The number of rotatable bonds is 4. The number of thiol groups is 1. The molecule has 0 saturated heterocycles. The summed E-state index contributed by atoms with van der Waals surface area (Å²) in [5, 5.41) is 2.53. The van der Waals surface area contributed by atoms with Crippen LogP contribution >= 0.6 is 12.8 Å². The Kier molecular flexibility index (Phi) is 10.2. The molecule has 1 aromatic rings. The van der Waals surface area contributed by atoms with Crippen LogP contribution in [0.1, 0.15) is 46.6 Å². The maximum Gasteiger partial charge on any atom is 0.408 e. The number of carbonyl (C=O) groups excluding carboxylic acids is 2. The molecule has 0 bridgehead atoms. The van der Waals surface area contributed by atoms with E-state index >= 15 is 0 Å². The van der Waals surface area contributed by atoms with E-state index in [0.29, 0.717) is 6.42 Å². The molecule has 1 rings (SSSR count). The van der Waals surface area contributed by atoms with Gasteiger partial charge in [-0.3, -0.25) is 4.79 Å². The Morgan fingerprint density at radius 1 is 1.17 bits per heavy atom. The second-order valence-electron chi connectivity index (χ2n) is 6.96. The highest BCUT2D eigenvalue weighted by Gasteiger charge is 2.24. The van der Waals surface area contributed by atoms with Crippen molar-refractivity contribution in [3.05, 3.63) is 35.9 Å². The van der Waals surface area contributed by atoms with Gasteiger partial charge < -0.3 is 14.8 Å². The van der Waals surface area contributed by atoms with E-state index in [9.17, 15) is 9.59 Å². The van der Waals surface area contributed by atoms with Crippen molar-refractivity contribution in [2.45, 2.75) is 59.6 Å². The van der Waals surface area contributed by atoms with Crippen LogP contribution in [0.2, 0.25) is 0 Å². The smallest absolute Gasteiger partial charge is 0.408 e. The molecule has 0 aliphatic carbocycles. The molecular weight excluding hydrogens is 324 g/mol. The normalized spacial score (nSPS) is 11.8. The molecule has 0 radical (unpaired) electrons. The Balaban J connectivity index is 0.000000620. The third-order valence-corrected chi connectivity index (χ3v) is 2.99. The van der Waals surface area contributed by atoms with Crippen LogP contribution in [-0.2, 0) is 9.53 Å². The lowest BCUT2D eigenvalue weighted by atomic mass is 10.0. The Bertz CT molecular complexity index is 499. The number of amides is 2. The van der Waals surface area contributed by atoms with Crippen molar-refractivity contribution in [3.8, 4) is 0 Å². The third-order valence-electron chi connectivity index (χ3n) is 2.77. The lowest BCUT2D eigenvalue weighted by Gasteiger charge is -2.23. The van der Waals surface area contributed by atoms with Gasteiger partial charge in [0.05, 0.1) is 0 Å². The Morgan fingerprint density at radius 2 is 1.71 bits per heavy atom. The quantitative estimate of drug-likeness (QED) is 0.719. The molecule has 24 heavy (non-hydrogen) atoms. The van der Waals surface area contributed by atoms with Gasteiger partial charge in [0.2, 0.25) is 0 Å². The Morgan fingerprint density at radius 3 is 2.04 bits per heavy atom. The average molecular weight is 355 g/mol. The number of nitrogens with one attached hydrogen (secondary N) is 2. The van der Waals surface area contributed by atoms with Crippen molar-refractivity contribution in [2.24, 2.45) is 5.92 Å². The van der Waals surface area contributed by atoms with Crippen LogP contribution in [0.4, 0.5) is 4.79 Å². The Hall–Kier alpha value is -1.69. The van der Waals surface area contributed by atoms with Gasteiger partial charge in [-0.25, -0.2) is 4.79 Å². The lowest BCUT2D eigenvalue weighted by molar-refractivity contribution is -0.121. The van der Waals surface area contributed by atoms with Crippen molar-refractivity contribution in [1.29, 1.82) is 0 Å². The van der Waals surface area contributed by atoms with Gasteiger partial charge in [-0.05, 0) is 40.0 Å². The third kappa shape index (κ3) is 11.8. The molecule has 0 aliphatic heterocycles. The minimum atomic E-state index is -0.623. The highest BCUT2D eigenvalue weighted by molar-refractivity contribution is 7.78. The number of carbonyl (C=O) groups is 2. The second kappa shape index (κ2) is 11.0. The zero-order chi connectivity index (χ0) is 18.8. The molecule has 6 heteroatoms. The molecule has 0 spiro atoms. The summed E-state index contributed by atoms with van der Waals surface area (Å²) in [5.74, 6) is -0.0616. The number of ether oxygens (including phenoxy) is 1. The van der Waals surface area contributed by atoms with E-state index in [0.717, 1.165) is 0 Å². The van der Waals surface area contributed by atoms with Crippen molar-refractivity contribution in [1.82, 2.24) is 10.0 Å². The molecule has 5 nitrogen and oxygen atoms in total. The molecule has 136 valence electrons. The molecule has 2 amide bonds. The first-order chi connectivity index (χ1) is 11.0. The number of aryl methyl sites for hydroxylation is 1. The molecular formula is C18H30N2O3S. The summed E-state index contributed by atoms with van der Waals surface area (Å²) in [6.07, 6.45) is -0.0638.